The van der Waals surface area contributed by atoms with Crippen molar-refractivity contribution in [3.63, 3.8) is 0 Å². The molecule has 8 heteroatoms. The minimum atomic E-state index is -0.629. The van der Waals surface area contributed by atoms with Gasteiger partial charge in [-0.05, 0) is 51.3 Å². The van der Waals surface area contributed by atoms with Crippen molar-refractivity contribution < 1.29 is 19.1 Å². The first kappa shape index (κ1) is 23.0. The first-order valence-corrected chi connectivity index (χ1v) is 9.70. The lowest BCUT2D eigenvalue weighted by Gasteiger charge is -2.19. The Morgan fingerprint density at radius 2 is 1.56 bits per heavy atom. The number of benzene rings is 1. The van der Waals surface area contributed by atoms with Crippen molar-refractivity contribution in [3.8, 4) is 0 Å². The summed E-state index contributed by atoms with van der Waals surface area (Å²) in [7, 11) is 0. The molecule has 0 bridgehead atoms. The average molecular weight is 442 g/mol. The molecular weight excluding hydrogens is 414 g/mol. The molecule has 3 N–H and O–H groups in total. The Morgan fingerprint density at radius 3 is 2.15 bits per heavy atom. The van der Waals surface area contributed by atoms with Gasteiger partial charge in [0.25, 0.3) is 0 Å². The van der Waals surface area contributed by atoms with E-state index in [0.717, 1.165) is 10.0 Å². The summed E-state index contributed by atoms with van der Waals surface area (Å²) in [6.45, 7) is 6.01. The van der Waals surface area contributed by atoms with E-state index in [1.165, 1.54) is 0 Å². The number of ether oxygens (including phenoxy) is 1. The molecule has 1 aromatic carbocycles. The largest absolute Gasteiger partial charge is 0.444 e. The number of hydrogen-bond acceptors (Lipinski definition) is 4. The molecule has 0 aliphatic heterocycles. The van der Waals surface area contributed by atoms with Crippen LogP contribution in [0.25, 0.3) is 0 Å². The quantitative estimate of drug-likeness (QED) is 0.512. The Morgan fingerprint density at radius 1 is 0.963 bits per heavy atom. The van der Waals surface area contributed by atoms with Crippen molar-refractivity contribution in [3.05, 3.63) is 34.3 Å². The topological polar surface area (TPSA) is 96.5 Å². The zero-order valence-corrected chi connectivity index (χ0v) is 17.6. The van der Waals surface area contributed by atoms with Gasteiger partial charge >= 0.3 is 6.09 Å². The van der Waals surface area contributed by atoms with E-state index >= 15 is 0 Å². The van der Waals surface area contributed by atoms with Gasteiger partial charge in [-0.25, -0.2) is 4.79 Å². The van der Waals surface area contributed by atoms with Gasteiger partial charge in [-0.1, -0.05) is 28.1 Å². The average Bonchev–Trinajstić information content (AvgIpc) is 2.57. The van der Waals surface area contributed by atoms with Gasteiger partial charge in [0.2, 0.25) is 11.8 Å². The van der Waals surface area contributed by atoms with Crippen LogP contribution in [0.15, 0.2) is 28.7 Å². The molecule has 0 saturated carbocycles. The Balaban J connectivity index is 2.05. The highest BCUT2D eigenvalue weighted by atomic mass is 79.9. The molecular formula is C19H28BrN3O4. The van der Waals surface area contributed by atoms with Crippen LogP contribution < -0.4 is 16.0 Å². The number of hydrogen-bond donors (Lipinski definition) is 3. The van der Waals surface area contributed by atoms with Crippen LogP contribution in [0.1, 0.15) is 39.2 Å². The molecule has 1 aromatic rings. The standard InChI is InChI=1S/C19H28BrN3O4/c1-19(2,3)27-18(26)23-13-17(25)22-12-4-11-21-16(24)10-7-14-5-8-15(20)9-6-14/h5-6,8-9H,4,7,10-13H2,1-3H3,(H,21,24)(H,22,25)(H,23,26). The molecule has 0 saturated heterocycles. The van der Waals surface area contributed by atoms with Gasteiger partial charge in [0.1, 0.15) is 5.60 Å². The lowest BCUT2D eigenvalue weighted by molar-refractivity contribution is -0.121. The number of amides is 3. The first-order chi connectivity index (χ1) is 12.7. The van der Waals surface area contributed by atoms with Gasteiger partial charge < -0.3 is 20.7 Å². The number of aryl methyl sites for hydroxylation is 1. The highest BCUT2D eigenvalue weighted by molar-refractivity contribution is 9.10. The van der Waals surface area contributed by atoms with Crippen LogP contribution in [0.4, 0.5) is 4.79 Å². The lowest BCUT2D eigenvalue weighted by Crippen LogP contribution is -2.40. The van der Waals surface area contributed by atoms with Gasteiger partial charge in [0, 0.05) is 24.0 Å². The van der Waals surface area contributed by atoms with Gasteiger partial charge in [0.15, 0.2) is 0 Å². The summed E-state index contributed by atoms with van der Waals surface area (Å²) in [5.41, 5.74) is 0.508. The normalized spacial score (nSPS) is 10.8. The predicted octanol–water partition coefficient (Wildman–Crippen LogP) is 2.53. The van der Waals surface area contributed by atoms with Crippen LogP contribution in [0.2, 0.25) is 0 Å². The molecule has 3 amide bonds. The third kappa shape index (κ3) is 12.0. The van der Waals surface area contributed by atoms with Gasteiger partial charge in [-0.2, -0.15) is 0 Å². The monoisotopic (exact) mass is 441 g/mol. The van der Waals surface area contributed by atoms with E-state index in [1.807, 2.05) is 24.3 Å². The number of alkyl carbamates (subject to hydrolysis) is 1. The number of carbonyl (C=O) groups is 3. The van der Waals surface area contributed by atoms with Crippen LogP contribution >= 0.6 is 15.9 Å². The number of nitrogens with one attached hydrogen (secondary N) is 3. The van der Waals surface area contributed by atoms with Gasteiger partial charge in [-0.15, -0.1) is 0 Å². The minimum Gasteiger partial charge on any atom is -0.444 e. The maximum Gasteiger partial charge on any atom is 0.408 e. The van der Waals surface area contributed by atoms with Crippen LogP contribution in [-0.4, -0.2) is 43.1 Å². The van der Waals surface area contributed by atoms with Crippen LogP contribution in [0, 0.1) is 0 Å². The summed E-state index contributed by atoms with van der Waals surface area (Å²) >= 11 is 3.38. The maximum atomic E-state index is 11.8. The van der Waals surface area contributed by atoms with Crippen molar-refractivity contribution in [2.24, 2.45) is 0 Å². The summed E-state index contributed by atoms with van der Waals surface area (Å²) in [4.78, 5) is 34.9. The van der Waals surface area contributed by atoms with E-state index in [2.05, 4.69) is 31.9 Å². The van der Waals surface area contributed by atoms with Crippen molar-refractivity contribution >= 4 is 33.8 Å². The third-order valence-electron chi connectivity index (χ3n) is 3.34. The fourth-order valence-corrected chi connectivity index (χ4v) is 2.33. The van der Waals surface area contributed by atoms with E-state index in [-0.39, 0.29) is 18.4 Å². The molecule has 0 aliphatic carbocycles. The Bertz CT molecular complexity index is 627. The fraction of sp³-hybridized carbons (Fsp3) is 0.526. The lowest BCUT2D eigenvalue weighted by atomic mass is 10.1. The second-order valence-corrected chi connectivity index (χ2v) is 7.95. The summed E-state index contributed by atoms with van der Waals surface area (Å²) in [6, 6.07) is 7.87. The van der Waals surface area contributed by atoms with E-state index in [0.29, 0.717) is 32.4 Å². The van der Waals surface area contributed by atoms with E-state index in [4.69, 9.17) is 4.74 Å². The molecule has 1 rings (SSSR count). The second kappa shape index (κ2) is 11.6. The molecule has 0 aliphatic rings. The summed E-state index contributed by atoms with van der Waals surface area (Å²) in [5.74, 6) is -0.321. The number of rotatable bonds is 9. The molecule has 0 aromatic heterocycles. The maximum absolute atomic E-state index is 11.8. The number of carbonyl (C=O) groups excluding carboxylic acids is 3. The number of halogens is 1. The Labute approximate surface area is 168 Å². The van der Waals surface area contributed by atoms with Crippen molar-refractivity contribution in [1.82, 2.24) is 16.0 Å². The second-order valence-electron chi connectivity index (χ2n) is 7.04. The van der Waals surface area contributed by atoms with Crippen LogP contribution in [0.5, 0.6) is 0 Å². The van der Waals surface area contributed by atoms with Crippen molar-refractivity contribution in [1.29, 1.82) is 0 Å². The molecule has 7 nitrogen and oxygen atoms in total. The molecule has 0 unspecified atom stereocenters. The minimum absolute atomic E-state index is 0.0177. The molecule has 0 radical (unpaired) electrons. The van der Waals surface area contributed by atoms with E-state index < -0.39 is 11.7 Å². The summed E-state index contributed by atoms with van der Waals surface area (Å²) in [5, 5.41) is 7.89. The summed E-state index contributed by atoms with van der Waals surface area (Å²) < 4.78 is 6.05. The Hall–Kier alpha value is -2.09. The van der Waals surface area contributed by atoms with Crippen LogP contribution in [0.3, 0.4) is 0 Å². The van der Waals surface area contributed by atoms with Gasteiger partial charge in [-0.3, -0.25) is 9.59 Å². The third-order valence-corrected chi connectivity index (χ3v) is 3.87. The Kier molecular flexibility index (Phi) is 9.85. The van der Waals surface area contributed by atoms with Crippen LogP contribution in [-0.2, 0) is 20.7 Å². The molecule has 27 heavy (non-hydrogen) atoms. The van der Waals surface area contributed by atoms with E-state index in [1.54, 1.807) is 20.8 Å². The highest BCUT2D eigenvalue weighted by Crippen LogP contribution is 2.11. The predicted molar refractivity (Wildman–Crippen MR) is 107 cm³/mol. The zero-order valence-electron chi connectivity index (χ0n) is 16.1. The summed E-state index contributed by atoms with van der Waals surface area (Å²) in [6.07, 6.45) is 1.10. The molecule has 0 spiro atoms. The fourth-order valence-electron chi connectivity index (χ4n) is 2.07. The van der Waals surface area contributed by atoms with E-state index in [9.17, 15) is 14.4 Å². The zero-order chi connectivity index (χ0) is 20.3. The molecule has 150 valence electrons. The smallest absolute Gasteiger partial charge is 0.408 e. The SMILES string of the molecule is CC(C)(C)OC(=O)NCC(=O)NCCCNC(=O)CCc1ccc(Br)cc1. The molecule has 0 atom stereocenters. The first-order valence-electron chi connectivity index (χ1n) is 8.90. The molecule has 0 heterocycles. The molecule has 0 fully saturated rings. The highest BCUT2D eigenvalue weighted by Gasteiger charge is 2.16. The van der Waals surface area contributed by atoms with Crippen molar-refractivity contribution in [2.45, 2.75) is 45.6 Å². The van der Waals surface area contributed by atoms with Gasteiger partial charge in [0.05, 0.1) is 6.54 Å². The van der Waals surface area contributed by atoms with Crippen molar-refractivity contribution in [2.75, 3.05) is 19.6 Å².